The molecule has 1 aliphatic heterocycles. The number of benzene rings is 1. The Hall–Kier alpha value is -1.10. The van der Waals surface area contributed by atoms with Crippen LogP contribution < -0.4 is 10.2 Å². The van der Waals surface area contributed by atoms with Crippen molar-refractivity contribution in [3.05, 3.63) is 29.8 Å². The second-order valence-corrected chi connectivity index (χ2v) is 4.53. The fourth-order valence-corrected chi connectivity index (χ4v) is 1.66. The van der Waals surface area contributed by atoms with E-state index in [0.29, 0.717) is 13.2 Å². The molecule has 0 saturated carbocycles. The molecule has 1 aromatic rings. The van der Waals surface area contributed by atoms with Gasteiger partial charge in [-0.2, -0.15) is 0 Å². The first-order chi connectivity index (χ1) is 7.73. The fourth-order valence-electron chi connectivity index (χ4n) is 1.66. The van der Waals surface area contributed by atoms with Gasteiger partial charge in [0.2, 0.25) is 0 Å². The Bertz CT molecular complexity index is 350. The van der Waals surface area contributed by atoms with Gasteiger partial charge in [0.05, 0.1) is 19.8 Å². The molecule has 0 spiro atoms. The minimum absolute atomic E-state index is 0.139. The number of hydrogen-bond acceptors (Lipinski definition) is 4. The predicted octanol–water partition coefficient (Wildman–Crippen LogP) is 1.58. The Kier molecular flexibility index (Phi) is 3.43. The molecule has 88 valence electrons. The number of nitrogens with one attached hydrogen (secondary N) is 1. The summed E-state index contributed by atoms with van der Waals surface area (Å²) in [5.74, 6) is 0.817. The van der Waals surface area contributed by atoms with E-state index in [-0.39, 0.29) is 5.41 Å². The molecular weight excluding hydrogens is 206 g/mol. The second kappa shape index (κ2) is 4.82. The van der Waals surface area contributed by atoms with E-state index in [9.17, 15) is 0 Å². The molecule has 0 atom stereocenters. The summed E-state index contributed by atoms with van der Waals surface area (Å²) in [6.07, 6.45) is 0. The zero-order valence-corrected chi connectivity index (χ0v) is 9.40. The van der Waals surface area contributed by atoms with Gasteiger partial charge in [-0.15, -0.1) is 0 Å². The molecule has 0 amide bonds. The van der Waals surface area contributed by atoms with Gasteiger partial charge in [0.1, 0.15) is 5.75 Å². The van der Waals surface area contributed by atoms with Crippen molar-refractivity contribution < 1.29 is 14.7 Å². The van der Waals surface area contributed by atoms with Gasteiger partial charge in [0, 0.05) is 17.5 Å². The quantitative estimate of drug-likeness (QED) is 0.744. The third kappa shape index (κ3) is 2.52. The molecule has 0 aromatic heterocycles. The molecule has 0 bridgehead atoms. The molecule has 1 aliphatic rings. The van der Waals surface area contributed by atoms with E-state index in [4.69, 9.17) is 14.7 Å². The molecule has 2 N–H and O–H groups in total. The summed E-state index contributed by atoms with van der Waals surface area (Å²) in [7, 11) is 0. The summed E-state index contributed by atoms with van der Waals surface area (Å²) < 4.78 is 10.9. The molecule has 0 aliphatic carbocycles. The topological polar surface area (TPSA) is 50.7 Å². The Morgan fingerprint density at radius 2 is 2.19 bits per heavy atom. The van der Waals surface area contributed by atoms with Gasteiger partial charge in [-0.3, -0.25) is 0 Å². The summed E-state index contributed by atoms with van der Waals surface area (Å²) in [6.45, 7) is 4.70. The number of ether oxygens (including phenoxy) is 2. The predicted molar refractivity (Wildman–Crippen MR) is 59.5 cm³/mol. The first-order valence-electron chi connectivity index (χ1n) is 5.39. The van der Waals surface area contributed by atoms with Gasteiger partial charge in [-0.1, -0.05) is 25.1 Å². The molecular formula is C12H17NO3. The first-order valence-corrected chi connectivity index (χ1v) is 5.39. The van der Waals surface area contributed by atoms with E-state index >= 15 is 0 Å². The second-order valence-electron chi connectivity index (χ2n) is 4.53. The van der Waals surface area contributed by atoms with Gasteiger partial charge in [0.25, 0.3) is 0 Å². The van der Waals surface area contributed by atoms with Crippen LogP contribution in [-0.4, -0.2) is 25.0 Å². The Balaban J connectivity index is 1.97. The normalized spacial score (nSPS) is 17.9. The first kappa shape index (κ1) is 11.4. The van der Waals surface area contributed by atoms with E-state index < -0.39 is 0 Å². The van der Waals surface area contributed by atoms with E-state index in [1.165, 1.54) is 0 Å². The molecule has 1 heterocycles. The minimum atomic E-state index is 0.139. The molecule has 1 fully saturated rings. The lowest BCUT2D eigenvalue weighted by Gasteiger charge is -2.37. The maximum absolute atomic E-state index is 8.70. The van der Waals surface area contributed by atoms with Crippen LogP contribution >= 0.6 is 0 Å². The largest absolute Gasteiger partial charge is 0.493 e. The maximum atomic E-state index is 8.70. The van der Waals surface area contributed by atoms with E-state index in [0.717, 1.165) is 24.5 Å². The van der Waals surface area contributed by atoms with Crippen LogP contribution in [0.3, 0.4) is 0 Å². The molecule has 4 heteroatoms. The van der Waals surface area contributed by atoms with Crippen molar-refractivity contribution in [1.29, 1.82) is 0 Å². The van der Waals surface area contributed by atoms with Crippen LogP contribution in [0.4, 0.5) is 0 Å². The third-order valence-electron chi connectivity index (χ3n) is 2.72. The highest BCUT2D eigenvalue weighted by atomic mass is 16.5. The zero-order chi connectivity index (χ0) is 11.4. The average molecular weight is 223 g/mol. The van der Waals surface area contributed by atoms with Gasteiger partial charge in [-0.25, -0.2) is 5.48 Å². The summed E-state index contributed by atoms with van der Waals surface area (Å²) in [4.78, 5) is 0. The Morgan fingerprint density at radius 1 is 1.44 bits per heavy atom. The van der Waals surface area contributed by atoms with Gasteiger partial charge in [0.15, 0.2) is 0 Å². The third-order valence-corrected chi connectivity index (χ3v) is 2.72. The summed E-state index contributed by atoms with van der Waals surface area (Å²) in [5, 5.41) is 8.70. The van der Waals surface area contributed by atoms with E-state index in [1.54, 1.807) is 0 Å². The van der Waals surface area contributed by atoms with Crippen molar-refractivity contribution in [3.63, 3.8) is 0 Å². The highest BCUT2D eigenvalue weighted by Crippen LogP contribution is 2.28. The lowest BCUT2D eigenvalue weighted by molar-refractivity contribution is -0.120. The van der Waals surface area contributed by atoms with Crippen LogP contribution in [-0.2, 0) is 11.3 Å². The maximum Gasteiger partial charge on any atom is 0.123 e. The Labute approximate surface area is 95.1 Å². The molecule has 16 heavy (non-hydrogen) atoms. The van der Waals surface area contributed by atoms with Gasteiger partial charge in [-0.05, 0) is 6.07 Å². The van der Waals surface area contributed by atoms with Crippen LogP contribution in [0.2, 0.25) is 0 Å². The molecule has 4 nitrogen and oxygen atoms in total. The molecule has 1 saturated heterocycles. The van der Waals surface area contributed by atoms with E-state index in [1.807, 2.05) is 24.3 Å². The molecule has 0 radical (unpaired) electrons. The smallest absolute Gasteiger partial charge is 0.123 e. The number of rotatable bonds is 5. The number of hydroxylamine groups is 1. The van der Waals surface area contributed by atoms with Crippen LogP contribution in [0.1, 0.15) is 12.5 Å². The van der Waals surface area contributed by atoms with Gasteiger partial charge >= 0.3 is 0 Å². The Morgan fingerprint density at radius 3 is 2.81 bits per heavy atom. The summed E-state index contributed by atoms with van der Waals surface area (Å²) in [5.41, 5.74) is 3.24. The van der Waals surface area contributed by atoms with Crippen LogP contribution in [0.5, 0.6) is 5.75 Å². The lowest BCUT2D eigenvalue weighted by atomic mass is 9.90. The summed E-state index contributed by atoms with van der Waals surface area (Å²) >= 11 is 0. The lowest BCUT2D eigenvalue weighted by Crippen LogP contribution is -2.44. The fraction of sp³-hybridized carbons (Fsp3) is 0.500. The molecule has 1 aromatic carbocycles. The van der Waals surface area contributed by atoms with Gasteiger partial charge < -0.3 is 14.7 Å². The standard InChI is InChI=1S/C12H17NO3/c1-12(7-15-8-12)9-16-11-5-3-2-4-10(11)6-13-14/h2-5,13-14H,6-9H2,1H3. The highest BCUT2D eigenvalue weighted by Gasteiger charge is 2.34. The van der Waals surface area contributed by atoms with Crippen molar-refractivity contribution in [3.8, 4) is 5.75 Å². The average Bonchev–Trinajstić information content (AvgIpc) is 2.26. The van der Waals surface area contributed by atoms with Crippen molar-refractivity contribution in [2.75, 3.05) is 19.8 Å². The van der Waals surface area contributed by atoms with E-state index in [2.05, 4.69) is 12.4 Å². The van der Waals surface area contributed by atoms with Crippen molar-refractivity contribution in [1.82, 2.24) is 5.48 Å². The van der Waals surface area contributed by atoms with Crippen molar-refractivity contribution >= 4 is 0 Å². The van der Waals surface area contributed by atoms with Crippen LogP contribution in [0.25, 0.3) is 0 Å². The zero-order valence-electron chi connectivity index (χ0n) is 9.40. The SMILES string of the molecule is CC1(COc2ccccc2CNO)COC1. The highest BCUT2D eigenvalue weighted by molar-refractivity contribution is 5.33. The monoisotopic (exact) mass is 223 g/mol. The van der Waals surface area contributed by atoms with Crippen molar-refractivity contribution in [2.24, 2.45) is 5.41 Å². The van der Waals surface area contributed by atoms with Crippen LogP contribution in [0, 0.1) is 5.41 Å². The number of para-hydroxylation sites is 1. The molecule has 0 unspecified atom stereocenters. The molecule has 2 rings (SSSR count). The number of hydrogen-bond donors (Lipinski definition) is 2. The minimum Gasteiger partial charge on any atom is -0.493 e. The van der Waals surface area contributed by atoms with Crippen molar-refractivity contribution in [2.45, 2.75) is 13.5 Å². The van der Waals surface area contributed by atoms with Crippen LogP contribution in [0.15, 0.2) is 24.3 Å². The summed E-state index contributed by atoms with van der Waals surface area (Å²) in [6, 6.07) is 7.69.